The molecule has 0 radical (unpaired) electrons. The Bertz CT molecular complexity index is 744. The van der Waals surface area contributed by atoms with Crippen molar-refractivity contribution >= 4 is 11.9 Å². The van der Waals surface area contributed by atoms with Crippen LogP contribution in [0.25, 0.3) is 0 Å². The molecule has 0 spiro atoms. The maximum atomic E-state index is 11.9. The predicted octanol–water partition coefficient (Wildman–Crippen LogP) is 2.59. The summed E-state index contributed by atoms with van der Waals surface area (Å²) in [5.41, 5.74) is 3.02. The van der Waals surface area contributed by atoms with Gasteiger partial charge < -0.3 is 10.1 Å². The van der Waals surface area contributed by atoms with Crippen LogP contribution < -0.4 is 5.32 Å². The Kier molecular flexibility index (Phi) is 6.09. The molecule has 0 fully saturated rings. The lowest BCUT2D eigenvalue weighted by Gasteiger charge is -2.06. The summed E-state index contributed by atoms with van der Waals surface area (Å²) in [4.78, 5) is 23.2. The Hall–Kier alpha value is -3.13. The molecule has 2 rings (SSSR count). The monoisotopic (exact) mass is 322 g/mol. The van der Waals surface area contributed by atoms with Crippen LogP contribution in [0.5, 0.6) is 0 Å². The smallest absolute Gasteiger partial charge is 0.337 e. The van der Waals surface area contributed by atoms with E-state index in [1.54, 1.807) is 36.4 Å². The van der Waals surface area contributed by atoms with Gasteiger partial charge in [0, 0.05) is 13.0 Å². The van der Waals surface area contributed by atoms with Gasteiger partial charge in [0.15, 0.2) is 0 Å². The first-order valence-electron chi connectivity index (χ1n) is 7.55. The molecule has 2 aromatic rings. The van der Waals surface area contributed by atoms with E-state index in [9.17, 15) is 9.59 Å². The third-order valence-electron chi connectivity index (χ3n) is 3.59. The topological polar surface area (TPSA) is 79.2 Å². The second-order valence-corrected chi connectivity index (χ2v) is 5.27. The van der Waals surface area contributed by atoms with Gasteiger partial charge in [0.05, 0.1) is 24.3 Å². The molecular formula is C19H18N2O3. The number of nitrogens with zero attached hydrogens (tertiary/aromatic N) is 1. The SMILES string of the molecule is COC(=O)c1ccc(CNC(=O)CCc2ccc(C#N)cc2)cc1. The lowest BCUT2D eigenvalue weighted by molar-refractivity contribution is -0.121. The van der Waals surface area contributed by atoms with Crippen molar-refractivity contribution in [2.75, 3.05) is 7.11 Å². The number of rotatable bonds is 6. The normalized spacial score (nSPS) is 9.83. The second kappa shape index (κ2) is 8.49. The summed E-state index contributed by atoms with van der Waals surface area (Å²) in [7, 11) is 1.34. The van der Waals surface area contributed by atoms with Gasteiger partial charge >= 0.3 is 5.97 Å². The molecule has 0 aliphatic carbocycles. The van der Waals surface area contributed by atoms with Crippen molar-refractivity contribution in [3.05, 3.63) is 70.8 Å². The first kappa shape index (κ1) is 17.2. The standard InChI is InChI=1S/C19H18N2O3/c1-24-19(23)17-9-6-16(7-10-17)13-21-18(22)11-8-14-2-4-15(12-20)5-3-14/h2-7,9-10H,8,11,13H2,1H3,(H,21,22). The Morgan fingerprint density at radius 1 is 1.04 bits per heavy atom. The van der Waals surface area contributed by atoms with Crippen molar-refractivity contribution in [3.8, 4) is 6.07 Å². The number of hydrogen-bond donors (Lipinski definition) is 1. The lowest BCUT2D eigenvalue weighted by atomic mass is 10.1. The highest BCUT2D eigenvalue weighted by molar-refractivity contribution is 5.89. The van der Waals surface area contributed by atoms with Crippen molar-refractivity contribution < 1.29 is 14.3 Å². The van der Waals surface area contributed by atoms with Crippen molar-refractivity contribution in [2.45, 2.75) is 19.4 Å². The van der Waals surface area contributed by atoms with E-state index in [-0.39, 0.29) is 11.9 Å². The minimum absolute atomic E-state index is 0.0450. The van der Waals surface area contributed by atoms with Gasteiger partial charge in [0.25, 0.3) is 0 Å². The average Bonchev–Trinajstić information content (AvgIpc) is 2.64. The van der Waals surface area contributed by atoms with Gasteiger partial charge in [-0.2, -0.15) is 5.26 Å². The van der Waals surface area contributed by atoms with E-state index in [1.165, 1.54) is 7.11 Å². The molecule has 0 saturated carbocycles. The number of ether oxygens (including phenoxy) is 1. The highest BCUT2D eigenvalue weighted by Crippen LogP contribution is 2.07. The first-order chi connectivity index (χ1) is 11.6. The number of hydrogen-bond acceptors (Lipinski definition) is 4. The summed E-state index contributed by atoms with van der Waals surface area (Å²) in [6, 6.07) is 16.2. The van der Waals surface area contributed by atoms with Gasteiger partial charge in [0.1, 0.15) is 0 Å². The molecule has 5 heteroatoms. The van der Waals surface area contributed by atoms with E-state index in [0.717, 1.165) is 11.1 Å². The predicted molar refractivity (Wildman–Crippen MR) is 89.1 cm³/mol. The summed E-state index contributed by atoms with van der Waals surface area (Å²) in [6.07, 6.45) is 1.00. The van der Waals surface area contributed by atoms with Crippen molar-refractivity contribution in [2.24, 2.45) is 0 Å². The Morgan fingerprint density at radius 2 is 1.67 bits per heavy atom. The van der Waals surface area contributed by atoms with Crippen molar-refractivity contribution in [1.82, 2.24) is 5.32 Å². The Morgan fingerprint density at radius 3 is 2.25 bits per heavy atom. The molecule has 0 heterocycles. The fourth-order valence-corrected chi connectivity index (χ4v) is 2.17. The zero-order valence-electron chi connectivity index (χ0n) is 13.4. The summed E-state index contributed by atoms with van der Waals surface area (Å²) < 4.78 is 4.64. The van der Waals surface area contributed by atoms with Gasteiger partial charge in [0.2, 0.25) is 5.91 Å². The van der Waals surface area contributed by atoms with Crippen LogP contribution >= 0.6 is 0 Å². The average molecular weight is 322 g/mol. The van der Waals surface area contributed by atoms with Gasteiger partial charge in [-0.25, -0.2) is 4.79 Å². The zero-order chi connectivity index (χ0) is 17.4. The van der Waals surface area contributed by atoms with Gasteiger partial charge in [-0.15, -0.1) is 0 Å². The number of amides is 1. The van der Waals surface area contributed by atoms with Crippen LogP contribution in [0, 0.1) is 11.3 Å². The van der Waals surface area contributed by atoms with E-state index < -0.39 is 0 Å². The Labute approximate surface area is 140 Å². The first-order valence-corrected chi connectivity index (χ1v) is 7.55. The largest absolute Gasteiger partial charge is 0.465 e. The van der Waals surface area contributed by atoms with Gasteiger partial charge in [-0.3, -0.25) is 4.79 Å². The number of esters is 1. The van der Waals surface area contributed by atoms with E-state index in [0.29, 0.717) is 30.5 Å². The Balaban J connectivity index is 1.78. The molecule has 2 aromatic carbocycles. The van der Waals surface area contributed by atoms with Crippen LogP contribution in [-0.2, 0) is 22.5 Å². The van der Waals surface area contributed by atoms with E-state index in [4.69, 9.17) is 5.26 Å². The zero-order valence-corrected chi connectivity index (χ0v) is 13.4. The highest BCUT2D eigenvalue weighted by atomic mass is 16.5. The highest BCUT2D eigenvalue weighted by Gasteiger charge is 2.06. The molecule has 0 aliphatic heterocycles. The molecule has 0 saturated heterocycles. The number of carbonyl (C=O) groups excluding carboxylic acids is 2. The van der Waals surface area contributed by atoms with Crippen LogP contribution in [0.4, 0.5) is 0 Å². The number of carbonyl (C=O) groups is 2. The van der Waals surface area contributed by atoms with E-state index >= 15 is 0 Å². The molecular weight excluding hydrogens is 304 g/mol. The molecule has 0 atom stereocenters. The van der Waals surface area contributed by atoms with Gasteiger partial charge in [-0.05, 0) is 41.8 Å². The molecule has 0 unspecified atom stereocenters. The number of aryl methyl sites for hydroxylation is 1. The number of methoxy groups -OCH3 is 1. The van der Waals surface area contributed by atoms with E-state index in [2.05, 4.69) is 16.1 Å². The van der Waals surface area contributed by atoms with Gasteiger partial charge in [-0.1, -0.05) is 24.3 Å². The quantitative estimate of drug-likeness (QED) is 0.829. The molecule has 122 valence electrons. The minimum Gasteiger partial charge on any atom is -0.465 e. The number of nitriles is 1. The van der Waals surface area contributed by atoms with Crippen LogP contribution in [0.3, 0.4) is 0 Å². The third kappa shape index (κ3) is 4.96. The van der Waals surface area contributed by atoms with Crippen molar-refractivity contribution in [3.63, 3.8) is 0 Å². The number of nitrogens with one attached hydrogen (secondary N) is 1. The molecule has 1 amide bonds. The summed E-state index contributed by atoms with van der Waals surface area (Å²) in [5.74, 6) is -0.426. The van der Waals surface area contributed by atoms with Crippen molar-refractivity contribution in [1.29, 1.82) is 5.26 Å². The summed E-state index contributed by atoms with van der Waals surface area (Å²) in [5, 5.41) is 11.6. The molecule has 1 N–H and O–H groups in total. The number of benzene rings is 2. The molecule has 24 heavy (non-hydrogen) atoms. The van der Waals surface area contributed by atoms with Crippen LogP contribution in [0.15, 0.2) is 48.5 Å². The second-order valence-electron chi connectivity index (χ2n) is 5.27. The van der Waals surface area contributed by atoms with E-state index in [1.807, 2.05) is 12.1 Å². The fourth-order valence-electron chi connectivity index (χ4n) is 2.17. The maximum Gasteiger partial charge on any atom is 0.337 e. The summed E-state index contributed by atoms with van der Waals surface area (Å²) >= 11 is 0. The third-order valence-corrected chi connectivity index (χ3v) is 3.59. The van der Waals surface area contributed by atoms with Crippen LogP contribution in [0.1, 0.15) is 33.5 Å². The summed E-state index contributed by atoms with van der Waals surface area (Å²) in [6.45, 7) is 0.410. The minimum atomic E-state index is -0.381. The van der Waals surface area contributed by atoms with Crippen LogP contribution in [-0.4, -0.2) is 19.0 Å². The molecule has 0 aromatic heterocycles. The maximum absolute atomic E-state index is 11.9. The fraction of sp³-hybridized carbons (Fsp3) is 0.211. The molecule has 0 bridgehead atoms. The lowest BCUT2D eigenvalue weighted by Crippen LogP contribution is -2.23. The molecule has 5 nitrogen and oxygen atoms in total. The molecule has 0 aliphatic rings. The van der Waals surface area contributed by atoms with Crippen LogP contribution in [0.2, 0.25) is 0 Å².